The summed E-state index contributed by atoms with van der Waals surface area (Å²) in [7, 11) is 2.00. The fourth-order valence-electron chi connectivity index (χ4n) is 1.93. The Morgan fingerprint density at radius 2 is 2.12 bits per heavy atom. The van der Waals surface area contributed by atoms with E-state index in [0.29, 0.717) is 18.6 Å². The highest BCUT2D eigenvalue weighted by Crippen LogP contribution is 2.21. The molecule has 2 unspecified atom stereocenters. The van der Waals surface area contributed by atoms with Gasteiger partial charge < -0.3 is 10.1 Å². The van der Waals surface area contributed by atoms with Crippen molar-refractivity contribution in [1.82, 2.24) is 10.3 Å². The Morgan fingerprint density at radius 1 is 1.38 bits per heavy atom. The lowest BCUT2D eigenvalue weighted by molar-refractivity contribution is 0.324. The Kier molecular flexibility index (Phi) is 5.26. The van der Waals surface area contributed by atoms with Crippen molar-refractivity contribution in [2.24, 2.45) is 0 Å². The van der Waals surface area contributed by atoms with Crippen LogP contribution in [-0.4, -0.2) is 24.7 Å². The van der Waals surface area contributed by atoms with Crippen LogP contribution in [0.5, 0.6) is 5.88 Å². The molecule has 3 heteroatoms. The summed E-state index contributed by atoms with van der Waals surface area (Å²) in [6, 6.07) is 6.43. The average Bonchev–Trinajstić information content (AvgIpc) is 2.31. The predicted octanol–water partition coefficient (Wildman–Crippen LogP) is 2.58. The lowest BCUT2D eigenvalue weighted by Gasteiger charge is -2.21. The largest absolute Gasteiger partial charge is 0.478 e. The number of nitrogens with one attached hydrogen (secondary N) is 1. The first-order chi connectivity index (χ1) is 7.72. The smallest absolute Gasteiger partial charge is 0.213 e. The van der Waals surface area contributed by atoms with Crippen molar-refractivity contribution in [3.05, 3.63) is 23.9 Å². The van der Waals surface area contributed by atoms with Gasteiger partial charge in [-0.2, -0.15) is 0 Å². The molecule has 0 aliphatic heterocycles. The third kappa shape index (κ3) is 3.20. The number of nitrogens with zero attached hydrogens (tertiary/aromatic N) is 1. The van der Waals surface area contributed by atoms with Gasteiger partial charge in [0.25, 0.3) is 0 Å². The van der Waals surface area contributed by atoms with Crippen LogP contribution in [0.4, 0.5) is 0 Å². The zero-order valence-corrected chi connectivity index (χ0v) is 10.7. The van der Waals surface area contributed by atoms with Gasteiger partial charge >= 0.3 is 0 Å². The highest BCUT2D eigenvalue weighted by molar-refractivity contribution is 5.19. The molecular formula is C13H22N2O. The van der Waals surface area contributed by atoms with Crippen molar-refractivity contribution in [3.63, 3.8) is 0 Å². The minimum absolute atomic E-state index is 0.399. The van der Waals surface area contributed by atoms with Crippen LogP contribution in [0.15, 0.2) is 18.2 Å². The maximum absolute atomic E-state index is 5.41. The van der Waals surface area contributed by atoms with Crippen LogP contribution in [0.2, 0.25) is 0 Å². The second-order valence-electron chi connectivity index (χ2n) is 3.93. The van der Waals surface area contributed by atoms with E-state index in [1.807, 2.05) is 26.1 Å². The molecule has 0 spiro atoms. The number of pyridine rings is 1. The van der Waals surface area contributed by atoms with Crippen molar-refractivity contribution in [1.29, 1.82) is 0 Å². The molecule has 90 valence electrons. The summed E-state index contributed by atoms with van der Waals surface area (Å²) in [6.07, 6.45) is 1.10. The van der Waals surface area contributed by atoms with Crippen LogP contribution in [0.3, 0.4) is 0 Å². The van der Waals surface area contributed by atoms with E-state index in [1.54, 1.807) is 0 Å². The first-order valence-corrected chi connectivity index (χ1v) is 5.99. The molecule has 0 aromatic carbocycles. The molecule has 0 saturated heterocycles. The van der Waals surface area contributed by atoms with E-state index in [4.69, 9.17) is 4.74 Å². The van der Waals surface area contributed by atoms with Crippen LogP contribution in [-0.2, 0) is 0 Å². The van der Waals surface area contributed by atoms with Crippen LogP contribution < -0.4 is 10.1 Å². The van der Waals surface area contributed by atoms with E-state index >= 15 is 0 Å². The standard InChI is InChI=1S/C13H22N2O/c1-5-11(14-4)10(3)12-8-7-9-13(15-12)16-6-2/h7-11,14H,5-6H2,1-4H3. The molecule has 2 atom stereocenters. The van der Waals surface area contributed by atoms with Gasteiger partial charge in [-0.25, -0.2) is 4.98 Å². The lowest BCUT2D eigenvalue weighted by Crippen LogP contribution is -2.30. The summed E-state index contributed by atoms with van der Waals surface area (Å²) in [5.74, 6) is 1.12. The molecule has 1 rings (SSSR count). The zero-order chi connectivity index (χ0) is 12.0. The van der Waals surface area contributed by atoms with Crippen LogP contribution in [0, 0.1) is 0 Å². The third-order valence-corrected chi connectivity index (χ3v) is 2.92. The molecule has 0 bridgehead atoms. The van der Waals surface area contributed by atoms with Crippen molar-refractivity contribution in [2.45, 2.75) is 39.2 Å². The van der Waals surface area contributed by atoms with Crippen LogP contribution in [0.1, 0.15) is 38.8 Å². The number of rotatable bonds is 6. The number of likely N-dealkylation sites (N-methyl/N-ethyl adjacent to an activating group) is 1. The number of ether oxygens (including phenoxy) is 1. The zero-order valence-electron chi connectivity index (χ0n) is 10.7. The molecule has 1 aromatic heterocycles. The lowest BCUT2D eigenvalue weighted by atomic mass is 9.96. The summed E-state index contributed by atoms with van der Waals surface area (Å²) >= 11 is 0. The number of hydrogen-bond acceptors (Lipinski definition) is 3. The van der Waals surface area contributed by atoms with Crippen molar-refractivity contribution in [3.8, 4) is 5.88 Å². The molecule has 0 aliphatic rings. The van der Waals surface area contributed by atoms with Crippen molar-refractivity contribution < 1.29 is 4.74 Å². The van der Waals surface area contributed by atoms with Gasteiger partial charge in [-0.15, -0.1) is 0 Å². The normalized spacial score (nSPS) is 14.5. The Bertz CT molecular complexity index is 311. The summed E-state index contributed by atoms with van der Waals surface area (Å²) in [5.41, 5.74) is 1.09. The van der Waals surface area contributed by atoms with Gasteiger partial charge in [0.05, 0.1) is 6.61 Å². The average molecular weight is 222 g/mol. The van der Waals surface area contributed by atoms with Gasteiger partial charge in [0.2, 0.25) is 5.88 Å². The first kappa shape index (κ1) is 13.0. The van der Waals surface area contributed by atoms with E-state index in [9.17, 15) is 0 Å². The van der Waals surface area contributed by atoms with Gasteiger partial charge in [-0.3, -0.25) is 0 Å². The molecule has 1 aromatic rings. The molecule has 0 amide bonds. The van der Waals surface area contributed by atoms with Gasteiger partial charge in [0.1, 0.15) is 0 Å². The fourth-order valence-corrected chi connectivity index (χ4v) is 1.93. The fraction of sp³-hybridized carbons (Fsp3) is 0.615. The summed E-state index contributed by atoms with van der Waals surface area (Å²) in [6.45, 7) is 7.01. The predicted molar refractivity (Wildman–Crippen MR) is 67.0 cm³/mol. The van der Waals surface area contributed by atoms with Crippen molar-refractivity contribution in [2.75, 3.05) is 13.7 Å². The third-order valence-electron chi connectivity index (χ3n) is 2.92. The quantitative estimate of drug-likeness (QED) is 0.803. The molecule has 1 heterocycles. The van der Waals surface area contributed by atoms with Crippen LogP contribution >= 0.6 is 0 Å². The minimum atomic E-state index is 0.399. The molecule has 16 heavy (non-hydrogen) atoms. The first-order valence-electron chi connectivity index (χ1n) is 5.99. The van der Waals surface area contributed by atoms with E-state index in [0.717, 1.165) is 18.0 Å². The molecule has 0 radical (unpaired) electrons. The van der Waals surface area contributed by atoms with E-state index in [1.165, 1.54) is 0 Å². The Hall–Kier alpha value is -1.09. The van der Waals surface area contributed by atoms with E-state index < -0.39 is 0 Å². The highest BCUT2D eigenvalue weighted by Gasteiger charge is 2.16. The van der Waals surface area contributed by atoms with Gasteiger partial charge in [0.15, 0.2) is 0 Å². The molecule has 3 nitrogen and oxygen atoms in total. The Morgan fingerprint density at radius 3 is 2.69 bits per heavy atom. The van der Waals surface area contributed by atoms with Crippen LogP contribution in [0.25, 0.3) is 0 Å². The van der Waals surface area contributed by atoms with Crippen molar-refractivity contribution >= 4 is 0 Å². The second-order valence-corrected chi connectivity index (χ2v) is 3.93. The summed E-state index contributed by atoms with van der Waals surface area (Å²) in [4.78, 5) is 4.52. The highest BCUT2D eigenvalue weighted by atomic mass is 16.5. The van der Waals surface area contributed by atoms with Gasteiger partial charge in [-0.1, -0.05) is 19.9 Å². The molecule has 0 aliphatic carbocycles. The maximum atomic E-state index is 5.41. The second kappa shape index (κ2) is 6.48. The maximum Gasteiger partial charge on any atom is 0.213 e. The summed E-state index contributed by atoms with van der Waals surface area (Å²) < 4.78 is 5.41. The molecule has 0 saturated carbocycles. The Labute approximate surface area is 98.2 Å². The Balaban J connectivity index is 2.81. The molecule has 0 fully saturated rings. The molecule has 1 N–H and O–H groups in total. The number of aromatic nitrogens is 1. The van der Waals surface area contributed by atoms with E-state index in [2.05, 4.69) is 30.2 Å². The summed E-state index contributed by atoms with van der Waals surface area (Å²) in [5, 5.41) is 3.32. The number of hydrogen-bond donors (Lipinski definition) is 1. The SMILES string of the molecule is CCOc1cccc(C(C)C(CC)NC)n1. The minimum Gasteiger partial charge on any atom is -0.478 e. The van der Waals surface area contributed by atoms with Gasteiger partial charge in [0, 0.05) is 23.7 Å². The van der Waals surface area contributed by atoms with E-state index in [-0.39, 0.29) is 0 Å². The van der Waals surface area contributed by atoms with Gasteiger partial charge in [-0.05, 0) is 26.5 Å². The molecular weight excluding hydrogens is 200 g/mol. The monoisotopic (exact) mass is 222 g/mol. The topological polar surface area (TPSA) is 34.1 Å².